The lowest BCUT2D eigenvalue weighted by molar-refractivity contribution is 0.0663. The van der Waals surface area contributed by atoms with Gasteiger partial charge in [0.2, 0.25) is 5.76 Å². The monoisotopic (exact) mass is 238 g/mol. The van der Waals surface area contributed by atoms with E-state index < -0.39 is 5.97 Å². The van der Waals surface area contributed by atoms with Crippen LogP contribution >= 0.6 is 0 Å². The summed E-state index contributed by atoms with van der Waals surface area (Å²) in [7, 11) is 0. The molecule has 0 bridgehead atoms. The van der Waals surface area contributed by atoms with E-state index in [1.54, 1.807) is 6.07 Å². The van der Waals surface area contributed by atoms with Gasteiger partial charge in [-0.05, 0) is 31.5 Å². The standard InChI is InChI=1S/C12H18N2O3/c1-2-14-6-5-9(8-14)7-13-11-4-3-10(17-11)12(15)16/h3-4,9,13H,2,5-8H2,1H3,(H,15,16). The van der Waals surface area contributed by atoms with Crippen LogP contribution in [-0.4, -0.2) is 42.2 Å². The number of nitrogens with zero attached hydrogens (tertiary/aromatic N) is 1. The van der Waals surface area contributed by atoms with Crippen molar-refractivity contribution in [2.75, 3.05) is 31.5 Å². The number of carboxylic acid groups (broad SMARTS) is 1. The molecule has 1 saturated heterocycles. The number of hydrogen-bond acceptors (Lipinski definition) is 4. The van der Waals surface area contributed by atoms with Crippen LogP contribution in [0.2, 0.25) is 0 Å². The van der Waals surface area contributed by atoms with Gasteiger partial charge in [0, 0.05) is 19.2 Å². The van der Waals surface area contributed by atoms with Gasteiger partial charge in [-0.2, -0.15) is 0 Å². The van der Waals surface area contributed by atoms with Crippen LogP contribution in [0.3, 0.4) is 0 Å². The van der Waals surface area contributed by atoms with Gasteiger partial charge in [0.15, 0.2) is 5.88 Å². The summed E-state index contributed by atoms with van der Waals surface area (Å²) in [5.41, 5.74) is 0. The van der Waals surface area contributed by atoms with Gasteiger partial charge in [0.25, 0.3) is 0 Å². The Morgan fingerprint density at radius 3 is 3.06 bits per heavy atom. The van der Waals surface area contributed by atoms with Gasteiger partial charge in [-0.15, -0.1) is 0 Å². The fourth-order valence-corrected chi connectivity index (χ4v) is 2.16. The van der Waals surface area contributed by atoms with Crippen molar-refractivity contribution in [3.8, 4) is 0 Å². The van der Waals surface area contributed by atoms with Gasteiger partial charge < -0.3 is 19.7 Å². The van der Waals surface area contributed by atoms with Crippen molar-refractivity contribution in [3.05, 3.63) is 17.9 Å². The highest BCUT2D eigenvalue weighted by atomic mass is 16.4. The Labute approximate surface area is 100 Å². The summed E-state index contributed by atoms with van der Waals surface area (Å²) in [6, 6.07) is 3.13. The number of likely N-dealkylation sites (tertiary alicyclic amines) is 1. The molecule has 17 heavy (non-hydrogen) atoms. The summed E-state index contributed by atoms with van der Waals surface area (Å²) in [6.07, 6.45) is 1.19. The molecule has 94 valence electrons. The van der Waals surface area contributed by atoms with Gasteiger partial charge in [0.05, 0.1) is 0 Å². The van der Waals surface area contributed by atoms with Gasteiger partial charge in [-0.25, -0.2) is 4.79 Å². The fourth-order valence-electron chi connectivity index (χ4n) is 2.16. The van der Waals surface area contributed by atoms with Crippen LogP contribution in [0.25, 0.3) is 0 Å². The predicted octanol–water partition coefficient (Wildman–Crippen LogP) is 1.73. The minimum absolute atomic E-state index is 0.0193. The molecule has 5 heteroatoms. The Hall–Kier alpha value is -1.49. The molecule has 1 atom stereocenters. The Balaban J connectivity index is 1.80. The molecule has 1 aliphatic rings. The van der Waals surface area contributed by atoms with Crippen molar-refractivity contribution < 1.29 is 14.3 Å². The molecule has 0 saturated carbocycles. The maximum atomic E-state index is 10.6. The molecule has 1 aliphatic heterocycles. The third-order valence-corrected chi connectivity index (χ3v) is 3.20. The van der Waals surface area contributed by atoms with E-state index in [9.17, 15) is 4.79 Å². The van der Waals surface area contributed by atoms with Crippen LogP contribution in [0.5, 0.6) is 0 Å². The summed E-state index contributed by atoms with van der Waals surface area (Å²) in [6.45, 7) is 6.36. The van der Waals surface area contributed by atoms with Gasteiger partial charge in [-0.3, -0.25) is 0 Å². The number of hydrogen-bond donors (Lipinski definition) is 2. The first-order valence-corrected chi connectivity index (χ1v) is 5.98. The summed E-state index contributed by atoms with van der Waals surface area (Å²) >= 11 is 0. The lowest BCUT2D eigenvalue weighted by Gasteiger charge is -2.13. The summed E-state index contributed by atoms with van der Waals surface area (Å²) < 4.78 is 5.13. The SMILES string of the molecule is CCN1CCC(CNc2ccc(C(=O)O)o2)C1. The second-order valence-electron chi connectivity index (χ2n) is 4.40. The predicted molar refractivity (Wildman–Crippen MR) is 64.4 cm³/mol. The molecule has 2 N–H and O–H groups in total. The number of carbonyl (C=O) groups is 1. The molecule has 0 aromatic carbocycles. The zero-order chi connectivity index (χ0) is 12.3. The molecule has 0 radical (unpaired) electrons. The van der Waals surface area contributed by atoms with Gasteiger partial charge in [0.1, 0.15) is 0 Å². The number of carboxylic acids is 1. The van der Waals surface area contributed by atoms with E-state index in [4.69, 9.17) is 9.52 Å². The average Bonchev–Trinajstić information content (AvgIpc) is 2.95. The zero-order valence-corrected chi connectivity index (χ0v) is 9.98. The second kappa shape index (κ2) is 5.23. The third-order valence-electron chi connectivity index (χ3n) is 3.20. The largest absolute Gasteiger partial charge is 0.475 e. The number of anilines is 1. The zero-order valence-electron chi connectivity index (χ0n) is 9.98. The van der Waals surface area contributed by atoms with Gasteiger partial charge in [-0.1, -0.05) is 6.92 Å². The van der Waals surface area contributed by atoms with Crippen LogP contribution in [0, 0.1) is 5.92 Å². The Morgan fingerprint density at radius 2 is 2.47 bits per heavy atom. The average molecular weight is 238 g/mol. The lowest BCUT2D eigenvalue weighted by atomic mass is 10.1. The molecule has 2 rings (SSSR count). The van der Waals surface area contributed by atoms with Gasteiger partial charge >= 0.3 is 5.97 Å². The smallest absolute Gasteiger partial charge is 0.371 e. The first-order chi connectivity index (χ1) is 8.19. The Kier molecular flexibility index (Phi) is 3.68. The summed E-state index contributed by atoms with van der Waals surface area (Å²) in [5.74, 6) is 0.107. The number of furan rings is 1. The minimum atomic E-state index is -1.03. The maximum Gasteiger partial charge on any atom is 0.371 e. The molecule has 0 amide bonds. The normalized spacial score (nSPS) is 20.6. The molecule has 0 aliphatic carbocycles. The topological polar surface area (TPSA) is 65.7 Å². The maximum absolute atomic E-state index is 10.6. The molecule has 0 spiro atoms. The highest BCUT2D eigenvalue weighted by molar-refractivity contribution is 5.84. The minimum Gasteiger partial charge on any atom is -0.475 e. The van der Waals surface area contributed by atoms with Crippen molar-refractivity contribution in [1.29, 1.82) is 0 Å². The van der Waals surface area contributed by atoms with Crippen molar-refractivity contribution in [3.63, 3.8) is 0 Å². The van der Waals surface area contributed by atoms with Crippen LogP contribution < -0.4 is 5.32 Å². The van der Waals surface area contributed by atoms with Crippen molar-refractivity contribution in [2.24, 2.45) is 5.92 Å². The molecule has 1 aromatic rings. The molecule has 1 fully saturated rings. The van der Waals surface area contributed by atoms with Crippen molar-refractivity contribution >= 4 is 11.9 Å². The molecule has 1 aromatic heterocycles. The summed E-state index contributed by atoms with van der Waals surface area (Å²) in [4.78, 5) is 13.0. The number of rotatable bonds is 5. The molecular weight excluding hydrogens is 220 g/mol. The Bertz CT molecular complexity index is 389. The highest BCUT2D eigenvalue weighted by Crippen LogP contribution is 2.18. The second-order valence-corrected chi connectivity index (χ2v) is 4.40. The molecular formula is C12H18N2O3. The van der Waals surface area contributed by atoms with E-state index in [1.807, 2.05) is 0 Å². The van der Waals surface area contributed by atoms with E-state index in [1.165, 1.54) is 12.5 Å². The van der Waals surface area contributed by atoms with Crippen LogP contribution in [0.4, 0.5) is 5.88 Å². The fraction of sp³-hybridized carbons (Fsp3) is 0.583. The van der Waals surface area contributed by atoms with Crippen molar-refractivity contribution in [2.45, 2.75) is 13.3 Å². The van der Waals surface area contributed by atoms with Crippen LogP contribution in [0.15, 0.2) is 16.5 Å². The Morgan fingerprint density at radius 1 is 1.65 bits per heavy atom. The first-order valence-electron chi connectivity index (χ1n) is 5.98. The number of aromatic carboxylic acids is 1. The van der Waals surface area contributed by atoms with Crippen molar-refractivity contribution in [1.82, 2.24) is 4.90 Å². The van der Waals surface area contributed by atoms with E-state index in [2.05, 4.69) is 17.1 Å². The third kappa shape index (κ3) is 3.00. The quantitative estimate of drug-likeness (QED) is 0.817. The molecule has 1 unspecified atom stereocenters. The highest BCUT2D eigenvalue weighted by Gasteiger charge is 2.21. The molecule has 2 heterocycles. The first kappa shape index (κ1) is 12.0. The van der Waals surface area contributed by atoms with E-state index in [-0.39, 0.29) is 5.76 Å². The van der Waals surface area contributed by atoms with E-state index >= 15 is 0 Å². The molecule has 5 nitrogen and oxygen atoms in total. The summed E-state index contributed by atoms with van der Waals surface area (Å²) in [5, 5.41) is 11.9. The van der Waals surface area contributed by atoms with Crippen LogP contribution in [-0.2, 0) is 0 Å². The lowest BCUT2D eigenvalue weighted by Crippen LogP contribution is -2.22. The van der Waals surface area contributed by atoms with Crippen LogP contribution in [0.1, 0.15) is 23.9 Å². The number of nitrogens with one attached hydrogen (secondary N) is 1. The van der Waals surface area contributed by atoms with E-state index in [0.717, 1.165) is 26.2 Å². The van der Waals surface area contributed by atoms with E-state index in [0.29, 0.717) is 11.8 Å².